The fraction of sp³-hybridized carbons (Fsp3) is 0.192. The zero-order valence-electron chi connectivity index (χ0n) is 18.0. The van der Waals surface area contributed by atoms with Crippen LogP contribution < -0.4 is 10.2 Å². The maximum atomic E-state index is 12.8. The Kier molecular flexibility index (Phi) is 8.15. The van der Waals surface area contributed by atoms with E-state index in [1.807, 2.05) is 60.7 Å². The minimum Gasteiger partial charge on any atom is -0.465 e. The van der Waals surface area contributed by atoms with Crippen LogP contribution in [0, 0.1) is 0 Å². The minimum absolute atomic E-state index is 0.00398. The van der Waals surface area contributed by atoms with E-state index in [1.54, 1.807) is 36.2 Å². The first-order valence-corrected chi connectivity index (χ1v) is 10.5. The number of para-hydroxylation sites is 1. The van der Waals surface area contributed by atoms with Gasteiger partial charge in [-0.3, -0.25) is 14.4 Å². The van der Waals surface area contributed by atoms with E-state index < -0.39 is 5.97 Å². The molecule has 0 spiro atoms. The number of nitrogens with zero attached hydrogens (tertiary/aromatic N) is 1. The van der Waals surface area contributed by atoms with Crippen molar-refractivity contribution in [2.24, 2.45) is 0 Å². The Morgan fingerprint density at radius 2 is 1.53 bits per heavy atom. The summed E-state index contributed by atoms with van der Waals surface area (Å²) < 4.78 is 5.20. The summed E-state index contributed by atoms with van der Waals surface area (Å²) in [7, 11) is 1.70. The average Bonchev–Trinajstić information content (AvgIpc) is 2.83. The molecule has 6 heteroatoms. The van der Waals surface area contributed by atoms with Gasteiger partial charge in [-0.2, -0.15) is 0 Å². The van der Waals surface area contributed by atoms with Crippen molar-refractivity contribution in [1.29, 1.82) is 0 Å². The number of anilines is 2. The molecule has 1 N–H and O–H groups in total. The first kappa shape index (κ1) is 22.7. The maximum absolute atomic E-state index is 12.8. The molecule has 0 aromatic heterocycles. The first-order chi connectivity index (χ1) is 15.5. The van der Waals surface area contributed by atoms with Gasteiger partial charge in [0.05, 0.1) is 13.0 Å². The van der Waals surface area contributed by atoms with Crippen molar-refractivity contribution >= 4 is 29.2 Å². The molecule has 0 heterocycles. The van der Waals surface area contributed by atoms with E-state index in [4.69, 9.17) is 4.74 Å². The molecule has 3 aromatic rings. The Labute approximate surface area is 187 Å². The van der Waals surface area contributed by atoms with Crippen LogP contribution in [0.2, 0.25) is 0 Å². The second kappa shape index (κ2) is 11.5. The SMILES string of the molecule is CN(C(=O)c1cccc(NC(=O)CCC(=O)OCCc2ccccc2)c1)c1ccccc1. The topological polar surface area (TPSA) is 75.7 Å². The zero-order chi connectivity index (χ0) is 22.8. The quantitative estimate of drug-likeness (QED) is 0.508. The normalized spacial score (nSPS) is 10.3. The van der Waals surface area contributed by atoms with Gasteiger partial charge in [0, 0.05) is 36.8 Å². The van der Waals surface area contributed by atoms with Gasteiger partial charge in [0.1, 0.15) is 0 Å². The number of hydrogen-bond acceptors (Lipinski definition) is 4. The third-order valence-electron chi connectivity index (χ3n) is 4.89. The summed E-state index contributed by atoms with van der Waals surface area (Å²) in [5.74, 6) is -0.912. The van der Waals surface area contributed by atoms with Crippen LogP contribution in [0.4, 0.5) is 11.4 Å². The molecule has 0 atom stereocenters. The van der Waals surface area contributed by atoms with Gasteiger partial charge in [-0.1, -0.05) is 54.6 Å². The second-order valence-corrected chi connectivity index (χ2v) is 7.28. The number of ether oxygens (including phenoxy) is 1. The number of carbonyl (C=O) groups is 3. The third kappa shape index (κ3) is 6.80. The summed E-state index contributed by atoms with van der Waals surface area (Å²) in [6.45, 7) is 0.281. The number of hydrogen-bond donors (Lipinski definition) is 1. The van der Waals surface area contributed by atoms with Crippen molar-refractivity contribution in [2.45, 2.75) is 19.3 Å². The van der Waals surface area contributed by atoms with Crippen molar-refractivity contribution in [3.63, 3.8) is 0 Å². The molecule has 0 fully saturated rings. The summed E-state index contributed by atoms with van der Waals surface area (Å²) in [4.78, 5) is 38.4. The van der Waals surface area contributed by atoms with Gasteiger partial charge < -0.3 is 15.0 Å². The lowest BCUT2D eigenvalue weighted by Crippen LogP contribution is -2.26. The van der Waals surface area contributed by atoms with Crippen molar-refractivity contribution in [3.05, 3.63) is 96.1 Å². The van der Waals surface area contributed by atoms with Crippen molar-refractivity contribution < 1.29 is 19.1 Å². The fourth-order valence-electron chi connectivity index (χ4n) is 3.13. The molecule has 0 aliphatic carbocycles. The molecule has 2 amide bonds. The molecule has 0 bridgehead atoms. The van der Waals surface area contributed by atoms with Gasteiger partial charge in [-0.15, -0.1) is 0 Å². The number of benzene rings is 3. The van der Waals surface area contributed by atoms with Crippen molar-refractivity contribution in [2.75, 3.05) is 23.9 Å². The fourth-order valence-corrected chi connectivity index (χ4v) is 3.13. The van der Waals surface area contributed by atoms with E-state index in [1.165, 1.54) is 0 Å². The first-order valence-electron chi connectivity index (χ1n) is 10.5. The highest BCUT2D eigenvalue weighted by molar-refractivity contribution is 6.06. The van der Waals surface area contributed by atoms with E-state index in [-0.39, 0.29) is 31.3 Å². The lowest BCUT2D eigenvalue weighted by Gasteiger charge is -2.17. The summed E-state index contributed by atoms with van der Waals surface area (Å²) in [5.41, 5.74) is 2.82. The van der Waals surface area contributed by atoms with Crippen LogP contribution in [0.3, 0.4) is 0 Å². The highest BCUT2D eigenvalue weighted by Gasteiger charge is 2.14. The molecule has 32 heavy (non-hydrogen) atoms. The maximum Gasteiger partial charge on any atom is 0.306 e. The van der Waals surface area contributed by atoms with E-state index in [2.05, 4.69) is 5.32 Å². The minimum atomic E-state index is -0.413. The van der Waals surface area contributed by atoms with Crippen molar-refractivity contribution in [3.8, 4) is 0 Å². The molecular formula is C26H26N2O4. The smallest absolute Gasteiger partial charge is 0.306 e. The van der Waals surface area contributed by atoms with Gasteiger partial charge in [0.25, 0.3) is 5.91 Å². The average molecular weight is 431 g/mol. The van der Waals surface area contributed by atoms with Gasteiger partial charge >= 0.3 is 5.97 Å². The van der Waals surface area contributed by atoms with Gasteiger partial charge in [-0.05, 0) is 35.9 Å². The lowest BCUT2D eigenvalue weighted by atomic mass is 10.1. The number of rotatable bonds is 9. The van der Waals surface area contributed by atoms with Gasteiger partial charge in [0.15, 0.2) is 0 Å². The molecule has 0 saturated heterocycles. The lowest BCUT2D eigenvalue weighted by molar-refractivity contribution is -0.144. The van der Waals surface area contributed by atoms with Crippen LogP contribution in [-0.4, -0.2) is 31.4 Å². The summed E-state index contributed by atoms with van der Waals surface area (Å²) in [6, 6.07) is 25.8. The highest BCUT2D eigenvalue weighted by atomic mass is 16.5. The Morgan fingerprint density at radius 1 is 0.844 bits per heavy atom. The summed E-state index contributed by atoms with van der Waals surface area (Å²) in [5, 5.41) is 2.74. The Hall–Kier alpha value is -3.93. The third-order valence-corrected chi connectivity index (χ3v) is 4.89. The van der Waals surface area contributed by atoms with E-state index in [0.29, 0.717) is 17.7 Å². The molecule has 0 aliphatic heterocycles. The standard InChI is InChI=1S/C26H26N2O4/c1-28(23-13-6-3-7-14-23)26(31)21-11-8-12-22(19-21)27-24(29)15-16-25(30)32-18-17-20-9-4-2-5-10-20/h2-14,19H,15-18H2,1H3,(H,27,29). The Bertz CT molecular complexity index is 1050. The molecule has 164 valence electrons. The van der Waals surface area contributed by atoms with Crippen LogP contribution >= 0.6 is 0 Å². The predicted octanol–water partition coefficient (Wildman–Crippen LogP) is 4.47. The Balaban J connectivity index is 1.46. The Morgan fingerprint density at radius 3 is 2.25 bits per heavy atom. The van der Waals surface area contributed by atoms with Gasteiger partial charge in [-0.25, -0.2) is 0 Å². The molecule has 0 radical (unpaired) electrons. The molecule has 0 saturated carbocycles. The number of carbonyl (C=O) groups excluding carboxylic acids is 3. The molecule has 6 nitrogen and oxygen atoms in total. The molecule has 3 rings (SSSR count). The number of nitrogens with one attached hydrogen (secondary N) is 1. The number of amides is 2. The summed E-state index contributed by atoms with van der Waals surface area (Å²) in [6.07, 6.45) is 0.638. The molecule has 3 aromatic carbocycles. The van der Waals surface area contributed by atoms with Crippen LogP contribution in [0.5, 0.6) is 0 Å². The van der Waals surface area contributed by atoms with E-state index >= 15 is 0 Å². The van der Waals surface area contributed by atoms with Crippen LogP contribution in [0.1, 0.15) is 28.8 Å². The van der Waals surface area contributed by atoms with Crippen LogP contribution in [0.25, 0.3) is 0 Å². The highest BCUT2D eigenvalue weighted by Crippen LogP contribution is 2.17. The van der Waals surface area contributed by atoms with Gasteiger partial charge in [0.2, 0.25) is 5.91 Å². The largest absolute Gasteiger partial charge is 0.465 e. The van der Waals surface area contributed by atoms with Crippen LogP contribution in [0.15, 0.2) is 84.9 Å². The summed E-state index contributed by atoms with van der Waals surface area (Å²) >= 11 is 0. The second-order valence-electron chi connectivity index (χ2n) is 7.28. The van der Waals surface area contributed by atoms with E-state index in [0.717, 1.165) is 11.3 Å². The zero-order valence-corrected chi connectivity index (χ0v) is 18.0. The molecule has 0 aliphatic rings. The predicted molar refractivity (Wildman–Crippen MR) is 125 cm³/mol. The molecule has 0 unspecified atom stereocenters. The monoisotopic (exact) mass is 430 g/mol. The molecular weight excluding hydrogens is 404 g/mol. The number of esters is 1. The van der Waals surface area contributed by atoms with E-state index in [9.17, 15) is 14.4 Å². The van der Waals surface area contributed by atoms with Crippen LogP contribution in [-0.2, 0) is 20.7 Å². The van der Waals surface area contributed by atoms with Crippen molar-refractivity contribution in [1.82, 2.24) is 0 Å².